The van der Waals surface area contributed by atoms with Crippen LogP contribution in [0.3, 0.4) is 0 Å². The molecule has 0 aromatic heterocycles. The summed E-state index contributed by atoms with van der Waals surface area (Å²) in [6.45, 7) is 0. The molecule has 0 saturated heterocycles. The van der Waals surface area contributed by atoms with Gasteiger partial charge >= 0.3 is 58.2 Å². The minimum atomic E-state index is -0.193. The van der Waals surface area contributed by atoms with E-state index in [1.165, 1.54) is 37.8 Å². The summed E-state index contributed by atoms with van der Waals surface area (Å²) in [5, 5.41) is 0. The number of halogens is 1. The van der Waals surface area contributed by atoms with Gasteiger partial charge in [0.05, 0.1) is 0 Å². The van der Waals surface area contributed by atoms with Gasteiger partial charge in [-0.15, -0.1) is 0 Å². The van der Waals surface area contributed by atoms with E-state index in [4.69, 9.17) is 4.74 Å². The zero-order valence-corrected chi connectivity index (χ0v) is 15.9. The maximum atomic E-state index is 13.2. The Bertz CT molecular complexity index is 401. The molecule has 1 nitrogen and oxygen atoms in total. The van der Waals surface area contributed by atoms with E-state index < -0.39 is 0 Å². The predicted octanol–water partition coefficient (Wildman–Crippen LogP) is 0.918. The molecule has 1 fully saturated rings. The van der Waals surface area contributed by atoms with E-state index in [2.05, 4.69) is 6.42 Å². The zero-order chi connectivity index (χ0) is 11.7. The van der Waals surface area contributed by atoms with Crippen LogP contribution in [0.25, 0.3) is 0 Å². The van der Waals surface area contributed by atoms with Crippen molar-refractivity contribution in [2.45, 2.75) is 44.6 Å². The third kappa shape index (κ3) is 3.44. The minimum Gasteiger partial charge on any atom is -0.490 e. The van der Waals surface area contributed by atoms with E-state index in [1.54, 1.807) is 0 Å². The molecule has 3 rings (SSSR count). The number of fused-ring (bicyclic) bond motifs is 1. The molecular formula is C15H18FORb. The first-order chi connectivity index (χ1) is 8.33. The first-order valence-corrected chi connectivity index (χ1v) is 6.59. The summed E-state index contributed by atoms with van der Waals surface area (Å²) in [5.41, 5.74) is 1.16. The number of hydrogen-bond acceptors (Lipinski definition) is 1. The monoisotopic (exact) mass is 318 g/mol. The second-order valence-electron chi connectivity index (χ2n) is 5.15. The van der Waals surface area contributed by atoms with E-state index in [1.807, 2.05) is 6.07 Å². The van der Waals surface area contributed by atoms with Gasteiger partial charge in [-0.25, -0.2) is 4.39 Å². The van der Waals surface area contributed by atoms with Crippen LogP contribution in [0.5, 0.6) is 5.75 Å². The number of rotatable bonds is 1. The van der Waals surface area contributed by atoms with Crippen molar-refractivity contribution in [2.24, 2.45) is 5.92 Å². The molecule has 2 aliphatic rings. The second kappa shape index (κ2) is 6.96. The number of aryl methyl sites for hydroxylation is 1. The Labute approximate surface area is 157 Å². The van der Waals surface area contributed by atoms with Gasteiger partial charge in [0.15, 0.2) is 0 Å². The molecule has 1 saturated carbocycles. The van der Waals surface area contributed by atoms with Gasteiger partial charge in [0.25, 0.3) is 0 Å². The van der Waals surface area contributed by atoms with Crippen LogP contribution < -0.4 is 62.9 Å². The zero-order valence-electron chi connectivity index (χ0n) is 11.0. The molecule has 3 heteroatoms. The summed E-state index contributed by atoms with van der Waals surface area (Å²) < 4.78 is 19.2. The van der Waals surface area contributed by atoms with Crippen LogP contribution in [0.2, 0.25) is 0 Å². The van der Waals surface area contributed by atoms with Crippen LogP contribution >= 0.6 is 0 Å². The topological polar surface area (TPSA) is 9.23 Å². The van der Waals surface area contributed by atoms with E-state index in [0.29, 0.717) is 12.0 Å². The largest absolute Gasteiger partial charge is 1.00 e. The summed E-state index contributed by atoms with van der Waals surface area (Å²) in [6, 6.07) is 4.92. The van der Waals surface area contributed by atoms with Gasteiger partial charge in [-0.05, 0) is 30.4 Å². The molecule has 1 aliphatic carbocycles. The predicted molar refractivity (Wildman–Crippen MR) is 65.4 cm³/mol. The Morgan fingerprint density at radius 3 is 2.72 bits per heavy atom. The molecule has 0 spiro atoms. The molecular weight excluding hydrogens is 301 g/mol. The summed E-state index contributed by atoms with van der Waals surface area (Å²) >= 11 is 0. The standard InChI is InChI=1S/C15H18FO.Rb/c16-13-8-6-12-7-9-14(17-15(12)10-13)11-4-2-1-3-5-11;/h1,6,8,10-11,14H,2-5,7,9H2;/q-1;+1. The average Bonchev–Trinajstić information content (AvgIpc) is 2.39. The van der Waals surface area contributed by atoms with Crippen molar-refractivity contribution in [3.63, 3.8) is 0 Å². The maximum Gasteiger partial charge on any atom is 1.00 e. The minimum absolute atomic E-state index is 0. The van der Waals surface area contributed by atoms with Gasteiger partial charge in [-0.3, -0.25) is 0 Å². The van der Waals surface area contributed by atoms with Crippen LogP contribution in [0, 0.1) is 18.2 Å². The summed E-state index contributed by atoms with van der Waals surface area (Å²) in [7, 11) is 0. The average molecular weight is 319 g/mol. The van der Waals surface area contributed by atoms with Crippen LogP contribution in [-0.2, 0) is 6.42 Å². The third-order valence-corrected chi connectivity index (χ3v) is 4.01. The number of benzene rings is 1. The van der Waals surface area contributed by atoms with Crippen molar-refractivity contribution in [2.75, 3.05) is 0 Å². The summed E-state index contributed by atoms with van der Waals surface area (Å²) in [4.78, 5) is 0. The fourth-order valence-electron chi connectivity index (χ4n) is 3.02. The molecule has 92 valence electrons. The molecule has 1 atom stereocenters. The van der Waals surface area contributed by atoms with Gasteiger partial charge in [-0.1, -0.05) is 18.9 Å². The van der Waals surface area contributed by atoms with Crippen molar-refractivity contribution in [1.82, 2.24) is 0 Å². The summed E-state index contributed by atoms with van der Waals surface area (Å²) in [6.07, 6.45) is 9.67. The molecule has 0 radical (unpaired) electrons. The van der Waals surface area contributed by atoms with E-state index in [0.717, 1.165) is 24.2 Å². The molecule has 1 heterocycles. The van der Waals surface area contributed by atoms with Gasteiger partial charge in [0.2, 0.25) is 0 Å². The Hall–Kier alpha value is 0.755. The van der Waals surface area contributed by atoms with Crippen molar-refractivity contribution in [3.8, 4) is 5.75 Å². The smallest absolute Gasteiger partial charge is 0.490 e. The van der Waals surface area contributed by atoms with Gasteiger partial charge < -0.3 is 11.2 Å². The molecule has 1 aromatic rings. The van der Waals surface area contributed by atoms with Crippen LogP contribution in [-0.4, -0.2) is 6.10 Å². The van der Waals surface area contributed by atoms with Crippen LogP contribution in [0.15, 0.2) is 18.2 Å². The first-order valence-electron chi connectivity index (χ1n) is 6.59. The molecule has 1 aliphatic heterocycles. The van der Waals surface area contributed by atoms with E-state index in [-0.39, 0.29) is 64.0 Å². The quantitative estimate of drug-likeness (QED) is 0.700. The van der Waals surface area contributed by atoms with Crippen molar-refractivity contribution in [1.29, 1.82) is 0 Å². The van der Waals surface area contributed by atoms with Gasteiger partial charge in [-0.2, -0.15) is 12.8 Å². The first kappa shape index (κ1) is 15.1. The van der Waals surface area contributed by atoms with Crippen LogP contribution in [0.1, 0.15) is 37.7 Å². The van der Waals surface area contributed by atoms with Crippen LogP contribution in [0.4, 0.5) is 4.39 Å². The molecule has 18 heavy (non-hydrogen) atoms. The molecule has 0 bridgehead atoms. The molecule has 0 N–H and O–H groups in total. The molecule has 1 aromatic carbocycles. The maximum absolute atomic E-state index is 13.2. The van der Waals surface area contributed by atoms with Gasteiger partial charge in [0, 0.05) is 6.07 Å². The van der Waals surface area contributed by atoms with E-state index in [9.17, 15) is 4.39 Å². The summed E-state index contributed by atoms with van der Waals surface area (Å²) in [5.74, 6) is 1.24. The molecule has 1 unspecified atom stereocenters. The Morgan fingerprint density at radius 1 is 1.17 bits per heavy atom. The fourth-order valence-corrected chi connectivity index (χ4v) is 3.02. The Morgan fingerprint density at radius 2 is 1.94 bits per heavy atom. The Kier molecular flexibility index (Phi) is 5.86. The fraction of sp³-hybridized carbons (Fsp3) is 0.533. The second-order valence-corrected chi connectivity index (χ2v) is 5.15. The van der Waals surface area contributed by atoms with Crippen molar-refractivity contribution in [3.05, 3.63) is 36.0 Å². The third-order valence-electron chi connectivity index (χ3n) is 4.01. The normalized spacial score (nSPS) is 23.7. The number of hydrogen-bond donors (Lipinski definition) is 0. The number of ether oxygens (including phenoxy) is 1. The van der Waals surface area contributed by atoms with Gasteiger partial charge in [0.1, 0.15) is 17.7 Å². The van der Waals surface area contributed by atoms with Crippen molar-refractivity contribution < 1.29 is 67.3 Å². The molecule has 0 amide bonds. The Balaban J connectivity index is 0.00000120. The SMILES string of the molecule is Fc1ccc2c(c1)OC(C1CC[CH-]CC1)CC2.[Rb+]. The van der Waals surface area contributed by atoms with Crippen molar-refractivity contribution >= 4 is 0 Å². The van der Waals surface area contributed by atoms with E-state index >= 15 is 0 Å².